The van der Waals surface area contributed by atoms with Gasteiger partial charge in [0.05, 0.1) is 0 Å². The van der Waals surface area contributed by atoms with Gasteiger partial charge in [0.15, 0.2) is 0 Å². The molecule has 2 rings (SSSR count). The molecule has 0 spiro atoms. The minimum absolute atomic E-state index is 0.00268. The Morgan fingerprint density at radius 3 is 2.10 bits per heavy atom. The molecule has 0 atom stereocenters. The van der Waals surface area contributed by atoms with E-state index >= 15 is 0 Å². The molecule has 0 aliphatic rings. The van der Waals surface area contributed by atoms with Crippen molar-refractivity contribution in [3.63, 3.8) is 0 Å². The smallest absolute Gasteiger partial charge is 0.395 e. The van der Waals surface area contributed by atoms with Crippen molar-refractivity contribution in [2.24, 2.45) is 0 Å². The predicted molar refractivity (Wildman–Crippen MR) is 78.2 cm³/mol. The zero-order valence-electron chi connectivity index (χ0n) is 11.9. The average molecular weight is 270 g/mol. The summed E-state index contributed by atoms with van der Waals surface area (Å²) < 4.78 is 10.3. The highest BCUT2D eigenvalue weighted by atomic mass is 16.7. The lowest BCUT2D eigenvalue weighted by molar-refractivity contribution is 0.152. The van der Waals surface area contributed by atoms with E-state index in [1.54, 1.807) is 30.3 Å². The summed E-state index contributed by atoms with van der Waals surface area (Å²) in [6.07, 6.45) is -0.734. The van der Waals surface area contributed by atoms with E-state index in [4.69, 9.17) is 9.47 Å². The number of benzene rings is 2. The molecule has 0 heterocycles. The van der Waals surface area contributed by atoms with Gasteiger partial charge < -0.3 is 9.47 Å². The Morgan fingerprint density at radius 2 is 1.45 bits per heavy atom. The molecule has 0 aromatic heterocycles. The highest BCUT2D eigenvalue weighted by molar-refractivity contribution is 5.67. The Bertz CT molecular complexity index is 583. The van der Waals surface area contributed by atoms with Gasteiger partial charge in [-0.1, -0.05) is 51.1 Å². The van der Waals surface area contributed by atoms with Gasteiger partial charge in [0.1, 0.15) is 11.5 Å². The van der Waals surface area contributed by atoms with Crippen molar-refractivity contribution in [3.8, 4) is 11.5 Å². The van der Waals surface area contributed by atoms with Crippen LogP contribution >= 0.6 is 0 Å². The Labute approximate surface area is 119 Å². The molecule has 0 N–H and O–H groups in total. The van der Waals surface area contributed by atoms with Crippen molar-refractivity contribution in [1.82, 2.24) is 0 Å². The largest absolute Gasteiger partial charge is 0.519 e. The van der Waals surface area contributed by atoms with Gasteiger partial charge in [0.2, 0.25) is 0 Å². The molecular formula is C17H18O3. The second kappa shape index (κ2) is 5.78. The molecule has 0 unspecified atom stereocenters. The lowest BCUT2D eigenvalue weighted by atomic mass is 9.87. The molecule has 20 heavy (non-hydrogen) atoms. The zero-order chi connectivity index (χ0) is 14.6. The van der Waals surface area contributed by atoms with Crippen LogP contribution in [0, 0.1) is 0 Å². The summed E-state index contributed by atoms with van der Waals surface area (Å²) in [6, 6.07) is 16.3. The van der Waals surface area contributed by atoms with E-state index in [1.165, 1.54) is 0 Å². The number of hydrogen-bond acceptors (Lipinski definition) is 3. The first-order chi connectivity index (χ1) is 9.45. The molecule has 3 heteroatoms. The van der Waals surface area contributed by atoms with Crippen LogP contribution in [-0.4, -0.2) is 6.16 Å². The van der Waals surface area contributed by atoms with Gasteiger partial charge in [0.25, 0.3) is 0 Å². The average Bonchev–Trinajstić information content (AvgIpc) is 2.39. The molecule has 0 saturated carbocycles. The molecule has 104 valence electrons. The van der Waals surface area contributed by atoms with Crippen LogP contribution in [0.3, 0.4) is 0 Å². The minimum Gasteiger partial charge on any atom is -0.395 e. The van der Waals surface area contributed by atoms with Crippen molar-refractivity contribution in [2.45, 2.75) is 26.2 Å². The van der Waals surface area contributed by atoms with Crippen LogP contribution in [0.4, 0.5) is 4.79 Å². The van der Waals surface area contributed by atoms with Crippen LogP contribution in [0.25, 0.3) is 0 Å². The van der Waals surface area contributed by atoms with Crippen LogP contribution in [0.15, 0.2) is 54.6 Å². The van der Waals surface area contributed by atoms with E-state index in [9.17, 15) is 4.79 Å². The fourth-order valence-corrected chi connectivity index (χ4v) is 1.73. The molecule has 0 bridgehead atoms. The summed E-state index contributed by atoms with van der Waals surface area (Å²) in [5.74, 6) is 0.947. The van der Waals surface area contributed by atoms with E-state index < -0.39 is 6.16 Å². The van der Waals surface area contributed by atoms with E-state index in [0.717, 1.165) is 5.56 Å². The first-order valence-corrected chi connectivity index (χ1v) is 6.50. The summed E-state index contributed by atoms with van der Waals surface area (Å²) in [7, 11) is 0. The third kappa shape index (κ3) is 3.85. The van der Waals surface area contributed by atoms with Crippen molar-refractivity contribution in [3.05, 3.63) is 60.2 Å². The third-order valence-electron chi connectivity index (χ3n) is 2.85. The molecule has 0 fully saturated rings. The van der Waals surface area contributed by atoms with Crippen molar-refractivity contribution in [1.29, 1.82) is 0 Å². The molecule has 0 amide bonds. The molecule has 0 aliphatic carbocycles. The van der Waals surface area contributed by atoms with Crippen molar-refractivity contribution < 1.29 is 14.3 Å². The van der Waals surface area contributed by atoms with Crippen LogP contribution in [0.2, 0.25) is 0 Å². The highest BCUT2D eigenvalue weighted by Gasteiger charge is 2.15. The van der Waals surface area contributed by atoms with Gasteiger partial charge in [-0.15, -0.1) is 0 Å². The predicted octanol–water partition coefficient (Wildman–Crippen LogP) is 4.56. The van der Waals surface area contributed by atoms with E-state index in [0.29, 0.717) is 11.5 Å². The Kier molecular flexibility index (Phi) is 4.08. The van der Waals surface area contributed by atoms with Crippen LogP contribution < -0.4 is 9.47 Å². The first-order valence-electron chi connectivity index (χ1n) is 6.50. The maximum Gasteiger partial charge on any atom is 0.519 e. The molecule has 3 nitrogen and oxygen atoms in total. The molecule has 0 aliphatic heterocycles. The van der Waals surface area contributed by atoms with Gasteiger partial charge in [0, 0.05) is 0 Å². The Hall–Kier alpha value is -2.29. The Balaban J connectivity index is 2.05. The minimum atomic E-state index is -0.734. The van der Waals surface area contributed by atoms with Gasteiger partial charge >= 0.3 is 6.16 Å². The molecule has 2 aromatic rings. The second-order valence-corrected chi connectivity index (χ2v) is 5.55. The van der Waals surface area contributed by atoms with Crippen LogP contribution in [-0.2, 0) is 5.41 Å². The quantitative estimate of drug-likeness (QED) is 0.592. The van der Waals surface area contributed by atoms with Gasteiger partial charge in [-0.25, -0.2) is 4.79 Å². The molecule has 0 radical (unpaired) electrons. The lowest BCUT2D eigenvalue weighted by Gasteiger charge is -2.19. The third-order valence-corrected chi connectivity index (χ3v) is 2.85. The van der Waals surface area contributed by atoms with Crippen molar-refractivity contribution in [2.75, 3.05) is 0 Å². The number of ether oxygens (including phenoxy) is 2. The number of rotatable bonds is 2. The summed E-state index contributed by atoms with van der Waals surface area (Å²) in [6.45, 7) is 6.32. The number of carbonyl (C=O) groups excluding carboxylic acids is 1. The van der Waals surface area contributed by atoms with E-state index in [1.807, 2.05) is 24.3 Å². The second-order valence-electron chi connectivity index (χ2n) is 5.55. The molecule has 0 saturated heterocycles. The maximum atomic E-state index is 11.7. The maximum absolute atomic E-state index is 11.7. The van der Waals surface area contributed by atoms with Crippen LogP contribution in [0.5, 0.6) is 11.5 Å². The normalized spacial score (nSPS) is 10.9. The first kappa shape index (κ1) is 14.1. The van der Waals surface area contributed by atoms with Gasteiger partial charge in [-0.05, 0) is 35.2 Å². The summed E-state index contributed by atoms with van der Waals surface area (Å²) >= 11 is 0. The number of carbonyl (C=O) groups is 1. The van der Waals surface area contributed by atoms with E-state index in [2.05, 4.69) is 20.8 Å². The molecule has 2 aromatic carbocycles. The van der Waals surface area contributed by atoms with Crippen molar-refractivity contribution >= 4 is 6.16 Å². The summed E-state index contributed by atoms with van der Waals surface area (Å²) in [5.41, 5.74) is 1.10. The lowest BCUT2D eigenvalue weighted by Crippen LogP contribution is -2.15. The summed E-state index contributed by atoms with van der Waals surface area (Å²) in [5, 5.41) is 0. The fraction of sp³-hybridized carbons (Fsp3) is 0.235. The highest BCUT2D eigenvalue weighted by Crippen LogP contribution is 2.25. The SMILES string of the molecule is CC(C)(C)c1cccc(OC(=O)Oc2ccccc2)c1. The topological polar surface area (TPSA) is 35.5 Å². The van der Waals surface area contributed by atoms with Crippen LogP contribution in [0.1, 0.15) is 26.3 Å². The van der Waals surface area contributed by atoms with Gasteiger partial charge in [-0.2, -0.15) is 0 Å². The van der Waals surface area contributed by atoms with Gasteiger partial charge in [-0.3, -0.25) is 0 Å². The number of hydrogen-bond donors (Lipinski definition) is 0. The summed E-state index contributed by atoms with van der Waals surface area (Å²) in [4.78, 5) is 11.7. The molecular weight excluding hydrogens is 252 g/mol. The number of para-hydroxylation sites is 1. The monoisotopic (exact) mass is 270 g/mol. The Morgan fingerprint density at radius 1 is 0.850 bits per heavy atom. The zero-order valence-corrected chi connectivity index (χ0v) is 11.9. The fourth-order valence-electron chi connectivity index (χ4n) is 1.73. The standard InChI is InChI=1S/C17H18O3/c1-17(2,3)13-8-7-11-15(12-13)20-16(18)19-14-9-5-4-6-10-14/h4-12H,1-3H3. The van der Waals surface area contributed by atoms with E-state index in [-0.39, 0.29) is 5.41 Å².